The molecule has 0 spiro atoms. The molecule has 0 aliphatic heterocycles. The minimum Gasteiger partial charge on any atom is -0.481 e. The molecule has 0 bridgehead atoms. The highest BCUT2D eigenvalue weighted by Gasteiger charge is 2.15. The molecule has 5 heteroatoms. The van der Waals surface area contributed by atoms with Crippen molar-refractivity contribution in [3.8, 4) is 5.75 Å². The number of hydrogen-bond donors (Lipinski definition) is 1. The first-order valence-electron chi connectivity index (χ1n) is 6.84. The van der Waals surface area contributed by atoms with Crippen molar-refractivity contribution in [3.05, 3.63) is 29.3 Å². The maximum atomic E-state index is 11.6. The van der Waals surface area contributed by atoms with Gasteiger partial charge in [0.15, 0.2) is 13.2 Å². The van der Waals surface area contributed by atoms with Crippen molar-refractivity contribution >= 4 is 11.9 Å². The van der Waals surface area contributed by atoms with Crippen LogP contribution in [-0.4, -0.2) is 30.6 Å². The summed E-state index contributed by atoms with van der Waals surface area (Å²) in [7, 11) is 0. The number of aryl methyl sites for hydroxylation is 2. The number of ether oxygens (including phenoxy) is 2. The standard InChI is InChI=1S/C16H23NO4/c1-11-7-6-8-12(2)15(11)21-10-14(19)20-9-13(18)17-16(3,4)5/h6-8H,9-10H2,1-5H3,(H,17,18). The van der Waals surface area contributed by atoms with Gasteiger partial charge < -0.3 is 14.8 Å². The molecular weight excluding hydrogens is 270 g/mol. The van der Waals surface area contributed by atoms with E-state index in [-0.39, 0.29) is 24.7 Å². The number of amides is 1. The van der Waals surface area contributed by atoms with E-state index in [0.717, 1.165) is 11.1 Å². The average Bonchev–Trinajstić information content (AvgIpc) is 2.33. The maximum Gasteiger partial charge on any atom is 0.344 e. The molecule has 1 aromatic carbocycles. The maximum absolute atomic E-state index is 11.6. The molecule has 5 nitrogen and oxygen atoms in total. The van der Waals surface area contributed by atoms with Gasteiger partial charge in [-0.15, -0.1) is 0 Å². The fraction of sp³-hybridized carbons (Fsp3) is 0.500. The Morgan fingerprint density at radius 1 is 1.10 bits per heavy atom. The quantitative estimate of drug-likeness (QED) is 0.845. The van der Waals surface area contributed by atoms with Crippen LogP contribution in [-0.2, 0) is 14.3 Å². The third-order valence-corrected chi connectivity index (χ3v) is 2.62. The van der Waals surface area contributed by atoms with E-state index in [1.54, 1.807) is 0 Å². The first-order valence-corrected chi connectivity index (χ1v) is 6.84. The molecule has 0 atom stereocenters. The van der Waals surface area contributed by atoms with Crippen LogP contribution in [0.25, 0.3) is 0 Å². The van der Waals surface area contributed by atoms with Gasteiger partial charge in [0, 0.05) is 5.54 Å². The van der Waals surface area contributed by atoms with Crippen molar-refractivity contribution in [2.45, 2.75) is 40.2 Å². The lowest BCUT2D eigenvalue weighted by Gasteiger charge is -2.20. The number of rotatable bonds is 5. The molecule has 0 aliphatic carbocycles. The number of para-hydroxylation sites is 1. The van der Waals surface area contributed by atoms with E-state index >= 15 is 0 Å². The van der Waals surface area contributed by atoms with Gasteiger partial charge in [-0.2, -0.15) is 0 Å². The van der Waals surface area contributed by atoms with Crippen LogP contribution < -0.4 is 10.1 Å². The van der Waals surface area contributed by atoms with Crippen LogP contribution in [0.2, 0.25) is 0 Å². The van der Waals surface area contributed by atoms with Crippen molar-refractivity contribution in [3.63, 3.8) is 0 Å². The van der Waals surface area contributed by atoms with Crippen molar-refractivity contribution in [2.75, 3.05) is 13.2 Å². The van der Waals surface area contributed by atoms with E-state index < -0.39 is 5.97 Å². The highest BCUT2D eigenvalue weighted by Crippen LogP contribution is 2.22. The van der Waals surface area contributed by atoms with Crippen LogP contribution >= 0.6 is 0 Å². The Hall–Kier alpha value is -2.04. The highest BCUT2D eigenvalue weighted by molar-refractivity contribution is 5.81. The van der Waals surface area contributed by atoms with Gasteiger partial charge in [0.05, 0.1) is 0 Å². The van der Waals surface area contributed by atoms with Crippen LogP contribution in [0.15, 0.2) is 18.2 Å². The van der Waals surface area contributed by atoms with E-state index in [1.165, 1.54) is 0 Å². The lowest BCUT2D eigenvalue weighted by molar-refractivity contribution is -0.150. The van der Waals surface area contributed by atoms with Crippen LogP contribution in [0, 0.1) is 13.8 Å². The molecule has 1 amide bonds. The van der Waals surface area contributed by atoms with Gasteiger partial charge in [-0.05, 0) is 45.7 Å². The van der Waals surface area contributed by atoms with Crippen LogP contribution in [0.4, 0.5) is 0 Å². The Bertz CT molecular complexity index is 497. The smallest absolute Gasteiger partial charge is 0.344 e. The zero-order valence-electron chi connectivity index (χ0n) is 13.3. The highest BCUT2D eigenvalue weighted by atomic mass is 16.6. The van der Waals surface area contributed by atoms with Gasteiger partial charge in [0.2, 0.25) is 0 Å². The van der Waals surface area contributed by atoms with Crippen LogP contribution in [0.1, 0.15) is 31.9 Å². The minimum atomic E-state index is -0.568. The van der Waals surface area contributed by atoms with Crippen molar-refractivity contribution in [1.29, 1.82) is 0 Å². The van der Waals surface area contributed by atoms with Crippen molar-refractivity contribution < 1.29 is 19.1 Å². The van der Waals surface area contributed by atoms with E-state index in [4.69, 9.17) is 9.47 Å². The monoisotopic (exact) mass is 293 g/mol. The Morgan fingerprint density at radius 2 is 1.67 bits per heavy atom. The summed E-state index contributed by atoms with van der Waals surface area (Å²) in [5, 5.41) is 2.71. The molecule has 1 N–H and O–H groups in total. The molecule has 0 fully saturated rings. The fourth-order valence-corrected chi connectivity index (χ4v) is 1.80. The average molecular weight is 293 g/mol. The predicted octanol–water partition coefficient (Wildman–Crippen LogP) is 2.14. The normalized spacial score (nSPS) is 10.9. The van der Waals surface area contributed by atoms with Gasteiger partial charge in [0.25, 0.3) is 5.91 Å². The molecule has 0 unspecified atom stereocenters. The summed E-state index contributed by atoms with van der Waals surface area (Å²) >= 11 is 0. The molecule has 0 radical (unpaired) electrons. The molecule has 1 aromatic rings. The van der Waals surface area contributed by atoms with Crippen LogP contribution in [0.3, 0.4) is 0 Å². The van der Waals surface area contributed by atoms with Gasteiger partial charge in [-0.25, -0.2) is 4.79 Å². The Labute approximate surface area is 125 Å². The summed E-state index contributed by atoms with van der Waals surface area (Å²) in [6.45, 7) is 8.87. The third-order valence-electron chi connectivity index (χ3n) is 2.62. The second-order valence-electron chi connectivity index (χ2n) is 5.97. The molecule has 21 heavy (non-hydrogen) atoms. The van der Waals surface area contributed by atoms with E-state index in [9.17, 15) is 9.59 Å². The number of benzene rings is 1. The number of hydrogen-bond acceptors (Lipinski definition) is 4. The Morgan fingerprint density at radius 3 is 2.19 bits per heavy atom. The summed E-state index contributed by atoms with van der Waals surface area (Å²) < 4.78 is 10.3. The van der Waals surface area contributed by atoms with Gasteiger partial charge in [0.1, 0.15) is 5.75 Å². The fourth-order valence-electron chi connectivity index (χ4n) is 1.80. The number of esters is 1. The largest absolute Gasteiger partial charge is 0.481 e. The number of nitrogens with one attached hydrogen (secondary N) is 1. The number of carbonyl (C=O) groups excluding carboxylic acids is 2. The minimum absolute atomic E-state index is 0.214. The number of carbonyl (C=O) groups is 2. The molecule has 116 valence electrons. The molecular formula is C16H23NO4. The predicted molar refractivity (Wildman–Crippen MR) is 80.3 cm³/mol. The third kappa shape index (κ3) is 6.29. The molecule has 1 rings (SSSR count). The summed E-state index contributed by atoms with van der Waals surface area (Å²) in [6, 6.07) is 5.74. The molecule has 0 aliphatic rings. The topological polar surface area (TPSA) is 64.6 Å². The summed E-state index contributed by atoms with van der Waals surface area (Å²) in [4.78, 5) is 23.1. The lowest BCUT2D eigenvalue weighted by Crippen LogP contribution is -2.43. The van der Waals surface area contributed by atoms with Crippen molar-refractivity contribution in [2.24, 2.45) is 0 Å². The molecule has 0 saturated carbocycles. The zero-order chi connectivity index (χ0) is 16.0. The Kier molecular flexibility index (Phi) is 5.76. The van der Waals surface area contributed by atoms with E-state index in [1.807, 2.05) is 52.8 Å². The molecule has 0 saturated heterocycles. The Balaban J connectivity index is 2.40. The van der Waals surface area contributed by atoms with Gasteiger partial charge >= 0.3 is 5.97 Å². The van der Waals surface area contributed by atoms with E-state index in [2.05, 4.69) is 5.32 Å². The summed E-state index contributed by atoms with van der Waals surface area (Å²) in [5.41, 5.74) is 1.56. The zero-order valence-corrected chi connectivity index (χ0v) is 13.3. The van der Waals surface area contributed by atoms with Crippen molar-refractivity contribution in [1.82, 2.24) is 5.32 Å². The van der Waals surface area contributed by atoms with Gasteiger partial charge in [-0.3, -0.25) is 4.79 Å². The molecule has 0 heterocycles. The SMILES string of the molecule is Cc1cccc(C)c1OCC(=O)OCC(=O)NC(C)(C)C. The summed E-state index contributed by atoms with van der Waals surface area (Å²) in [6.07, 6.45) is 0. The molecule has 0 aromatic heterocycles. The van der Waals surface area contributed by atoms with Crippen LogP contribution in [0.5, 0.6) is 5.75 Å². The first kappa shape index (κ1) is 17.0. The lowest BCUT2D eigenvalue weighted by atomic mass is 10.1. The van der Waals surface area contributed by atoms with E-state index in [0.29, 0.717) is 5.75 Å². The second kappa shape index (κ2) is 7.11. The summed E-state index contributed by atoms with van der Waals surface area (Å²) in [5.74, 6) is -0.224. The second-order valence-corrected chi connectivity index (χ2v) is 5.97. The first-order chi connectivity index (χ1) is 9.69. The van der Waals surface area contributed by atoms with Gasteiger partial charge in [-0.1, -0.05) is 18.2 Å².